The molecule has 0 bridgehead atoms. The van der Waals surface area contributed by atoms with Gasteiger partial charge in [-0.2, -0.15) is 0 Å². The minimum atomic E-state index is -0.535. The summed E-state index contributed by atoms with van der Waals surface area (Å²) in [5, 5.41) is 0.684. The molecule has 0 fully saturated rings. The first kappa shape index (κ1) is 11.2. The Bertz CT molecular complexity index is 630. The fourth-order valence-electron chi connectivity index (χ4n) is 1.54. The van der Waals surface area contributed by atoms with E-state index in [1.165, 1.54) is 7.11 Å². The Balaban J connectivity index is 2.53. The Kier molecular flexibility index (Phi) is 2.82. The van der Waals surface area contributed by atoms with Crippen molar-refractivity contribution in [3.8, 4) is 0 Å². The second kappa shape index (κ2) is 4.29. The van der Waals surface area contributed by atoms with E-state index in [2.05, 4.69) is 4.74 Å². The molecule has 0 atom stereocenters. The highest BCUT2D eigenvalue weighted by molar-refractivity contribution is 5.81. The number of hydrogen-bond donors (Lipinski definition) is 1. The van der Waals surface area contributed by atoms with Gasteiger partial charge in [0.2, 0.25) is 0 Å². The van der Waals surface area contributed by atoms with Crippen LogP contribution in [0.1, 0.15) is 5.56 Å². The van der Waals surface area contributed by atoms with Crippen LogP contribution in [0.25, 0.3) is 11.0 Å². The lowest BCUT2D eigenvalue weighted by molar-refractivity contribution is -0.139. The van der Waals surface area contributed by atoms with E-state index in [1.54, 1.807) is 24.3 Å². The Morgan fingerprint density at radius 3 is 2.88 bits per heavy atom. The molecule has 0 aliphatic rings. The first-order chi connectivity index (χ1) is 8.10. The van der Waals surface area contributed by atoms with Crippen molar-refractivity contribution in [1.29, 1.82) is 0 Å². The van der Waals surface area contributed by atoms with Gasteiger partial charge in [0.25, 0.3) is 0 Å². The Morgan fingerprint density at radius 2 is 2.18 bits per heavy atom. The largest absolute Gasteiger partial charge is 0.469 e. The summed E-state index contributed by atoms with van der Waals surface area (Å²) in [5.41, 5.74) is 6.36. The molecular formula is C12H11NO4. The van der Waals surface area contributed by atoms with Crippen molar-refractivity contribution in [3.63, 3.8) is 0 Å². The third kappa shape index (κ3) is 2.28. The van der Waals surface area contributed by atoms with Crippen LogP contribution in [0, 0.1) is 0 Å². The van der Waals surface area contributed by atoms with Crippen LogP contribution in [-0.2, 0) is 16.0 Å². The summed E-state index contributed by atoms with van der Waals surface area (Å²) in [6.07, 6.45) is -0.108. The summed E-state index contributed by atoms with van der Waals surface area (Å²) in [4.78, 5) is 22.7. The van der Waals surface area contributed by atoms with Crippen molar-refractivity contribution >= 4 is 22.6 Å². The van der Waals surface area contributed by atoms with E-state index in [4.69, 9.17) is 10.2 Å². The predicted octanol–water partition coefficient (Wildman–Crippen LogP) is 1.09. The molecule has 5 heteroatoms. The molecule has 1 aromatic carbocycles. The smallest absolute Gasteiger partial charge is 0.340 e. The van der Waals surface area contributed by atoms with Gasteiger partial charge in [0.05, 0.1) is 13.5 Å². The van der Waals surface area contributed by atoms with Crippen LogP contribution in [0.2, 0.25) is 0 Å². The maximum absolute atomic E-state index is 11.6. The summed E-state index contributed by atoms with van der Waals surface area (Å²) < 4.78 is 9.58. The van der Waals surface area contributed by atoms with Gasteiger partial charge in [0.15, 0.2) is 0 Å². The summed E-state index contributed by atoms with van der Waals surface area (Å²) in [6.45, 7) is 0. The summed E-state index contributed by atoms with van der Waals surface area (Å²) in [5.74, 6) is -0.486. The summed E-state index contributed by atoms with van der Waals surface area (Å²) in [7, 11) is 1.27. The number of fused-ring (bicyclic) bond motifs is 1. The molecule has 0 radical (unpaired) electrons. The highest BCUT2D eigenvalue weighted by atomic mass is 16.5. The minimum Gasteiger partial charge on any atom is -0.469 e. The lowest BCUT2D eigenvalue weighted by Crippen LogP contribution is -2.13. The lowest BCUT2D eigenvalue weighted by atomic mass is 10.1. The third-order valence-electron chi connectivity index (χ3n) is 2.39. The van der Waals surface area contributed by atoms with E-state index in [-0.39, 0.29) is 12.0 Å². The molecule has 1 heterocycles. The van der Waals surface area contributed by atoms with E-state index in [1.807, 2.05) is 0 Å². The zero-order chi connectivity index (χ0) is 12.4. The number of anilines is 1. The maximum atomic E-state index is 11.6. The SMILES string of the molecule is COC(=O)Cc1cc2cc(N)ccc2oc1=O. The standard InChI is InChI=1S/C12H11NO4/c1-16-11(14)6-8-4-7-5-9(13)2-3-10(7)17-12(8)15/h2-5H,6,13H2,1H3. The van der Waals surface area contributed by atoms with Crippen LogP contribution in [-0.4, -0.2) is 13.1 Å². The van der Waals surface area contributed by atoms with Gasteiger partial charge in [0.1, 0.15) is 5.58 Å². The molecule has 17 heavy (non-hydrogen) atoms. The molecule has 0 aliphatic heterocycles. The van der Waals surface area contributed by atoms with Crippen LogP contribution in [0.15, 0.2) is 33.5 Å². The number of nitrogens with two attached hydrogens (primary N) is 1. The van der Waals surface area contributed by atoms with Crippen LogP contribution >= 0.6 is 0 Å². The molecule has 0 aliphatic carbocycles. The van der Waals surface area contributed by atoms with E-state index in [9.17, 15) is 9.59 Å². The molecule has 2 aromatic rings. The number of ether oxygens (including phenoxy) is 1. The second-order valence-corrected chi connectivity index (χ2v) is 3.61. The number of rotatable bonds is 2. The minimum absolute atomic E-state index is 0.108. The van der Waals surface area contributed by atoms with E-state index in [0.717, 1.165) is 0 Å². The molecule has 5 nitrogen and oxygen atoms in total. The van der Waals surface area contributed by atoms with Gasteiger partial charge in [-0.15, -0.1) is 0 Å². The molecule has 0 unspecified atom stereocenters. The fraction of sp³-hybridized carbons (Fsp3) is 0.167. The van der Waals surface area contributed by atoms with Crippen molar-refractivity contribution in [3.05, 3.63) is 40.2 Å². The number of carbonyl (C=O) groups excluding carboxylic acids is 1. The molecule has 0 saturated heterocycles. The summed E-state index contributed by atoms with van der Waals surface area (Å²) >= 11 is 0. The van der Waals surface area contributed by atoms with Crippen LogP contribution in [0.5, 0.6) is 0 Å². The van der Waals surface area contributed by atoms with E-state index < -0.39 is 11.6 Å². The Morgan fingerprint density at radius 1 is 1.41 bits per heavy atom. The zero-order valence-electron chi connectivity index (χ0n) is 9.23. The van der Waals surface area contributed by atoms with Gasteiger partial charge in [-0.1, -0.05) is 0 Å². The van der Waals surface area contributed by atoms with Gasteiger partial charge in [-0.3, -0.25) is 4.79 Å². The van der Waals surface area contributed by atoms with Crippen molar-refractivity contribution in [2.75, 3.05) is 12.8 Å². The number of methoxy groups -OCH3 is 1. The topological polar surface area (TPSA) is 82.5 Å². The number of carbonyl (C=O) groups is 1. The zero-order valence-corrected chi connectivity index (χ0v) is 9.23. The fourth-order valence-corrected chi connectivity index (χ4v) is 1.54. The molecule has 0 spiro atoms. The average molecular weight is 233 g/mol. The molecule has 2 N–H and O–H groups in total. The molecule has 0 saturated carbocycles. The first-order valence-corrected chi connectivity index (χ1v) is 4.99. The van der Waals surface area contributed by atoms with Crippen molar-refractivity contribution in [2.24, 2.45) is 0 Å². The van der Waals surface area contributed by atoms with Crippen molar-refractivity contribution in [2.45, 2.75) is 6.42 Å². The predicted molar refractivity (Wildman–Crippen MR) is 62.6 cm³/mol. The first-order valence-electron chi connectivity index (χ1n) is 4.99. The number of hydrogen-bond acceptors (Lipinski definition) is 5. The van der Waals surface area contributed by atoms with Crippen LogP contribution in [0.3, 0.4) is 0 Å². The molecule has 88 valence electrons. The maximum Gasteiger partial charge on any atom is 0.340 e. The molecule has 0 amide bonds. The second-order valence-electron chi connectivity index (χ2n) is 3.61. The Labute approximate surface area is 96.8 Å². The molecular weight excluding hydrogens is 222 g/mol. The van der Waals surface area contributed by atoms with Gasteiger partial charge in [0, 0.05) is 16.6 Å². The molecule has 1 aromatic heterocycles. The van der Waals surface area contributed by atoms with Gasteiger partial charge in [-0.05, 0) is 24.3 Å². The van der Waals surface area contributed by atoms with Crippen molar-refractivity contribution < 1.29 is 13.9 Å². The van der Waals surface area contributed by atoms with E-state index >= 15 is 0 Å². The highest BCUT2D eigenvalue weighted by Crippen LogP contribution is 2.17. The van der Waals surface area contributed by atoms with Gasteiger partial charge >= 0.3 is 11.6 Å². The lowest BCUT2D eigenvalue weighted by Gasteiger charge is -2.02. The average Bonchev–Trinajstić information content (AvgIpc) is 2.30. The van der Waals surface area contributed by atoms with Crippen LogP contribution in [0.4, 0.5) is 5.69 Å². The van der Waals surface area contributed by atoms with Gasteiger partial charge < -0.3 is 14.9 Å². The van der Waals surface area contributed by atoms with Gasteiger partial charge in [-0.25, -0.2) is 4.79 Å². The normalized spacial score (nSPS) is 10.4. The number of nitrogen functional groups attached to an aromatic ring is 1. The van der Waals surface area contributed by atoms with Crippen molar-refractivity contribution in [1.82, 2.24) is 0 Å². The monoisotopic (exact) mass is 233 g/mol. The quantitative estimate of drug-likeness (QED) is 0.477. The third-order valence-corrected chi connectivity index (χ3v) is 2.39. The number of esters is 1. The van der Waals surface area contributed by atoms with E-state index in [0.29, 0.717) is 16.7 Å². The van der Waals surface area contributed by atoms with Crippen LogP contribution < -0.4 is 11.4 Å². The molecule has 2 rings (SSSR count). The Hall–Kier alpha value is -2.30. The summed E-state index contributed by atoms with van der Waals surface area (Å²) in [6, 6.07) is 6.53. The highest BCUT2D eigenvalue weighted by Gasteiger charge is 2.10. The number of benzene rings is 1.